The van der Waals surface area contributed by atoms with Crippen molar-refractivity contribution in [3.05, 3.63) is 0 Å². The second kappa shape index (κ2) is 4.86. The van der Waals surface area contributed by atoms with Gasteiger partial charge in [0.15, 0.2) is 0 Å². The minimum atomic E-state index is 0.753. The zero-order valence-corrected chi connectivity index (χ0v) is 10.6. The maximum atomic E-state index is 3.84. The van der Waals surface area contributed by atoms with Crippen LogP contribution in [0.5, 0.6) is 0 Å². The van der Waals surface area contributed by atoms with Crippen LogP contribution in [-0.2, 0) is 0 Å². The first-order chi connectivity index (χ1) is 7.15. The smallest absolute Gasteiger partial charge is 0.00722 e. The fraction of sp³-hybridized carbons (Fsp3) is 1.00. The van der Waals surface area contributed by atoms with Gasteiger partial charge in [-0.1, -0.05) is 26.7 Å². The minimum absolute atomic E-state index is 0.753. The van der Waals surface area contributed by atoms with Crippen molar-refractivity contribution in [1.82, 2.24) is 5.32 Å². The molecule has 0 bridgehead atoms. The molecule has 2 saturated carbocycles. The van der Waals surface area contributed by atoms with E-state index in [-0.39, 0.29) is 0 Å². The fourth-order valence-corrected chi connectivity index (χ4v) is 3.02. The predicted octanol–water partition coefficient (Wildman–Crippen LogP) is 3.59. The summed E-state index contributed by atoms with van der Waals surface area (Å²) in [5.41, 5.74) is 0. The molecule has 4 unspecified atom stereocenters. The van der Waals surface area contributed by atoms with E-state index >= 15 is 0 Å². The first-order valence-electron chi connectivity index (χ1n) is 6.91. The van der Waals surface area contributed by atoms with Gasteiger partial charge in [0.1, 0.15) is 0 Å². The lowest BCUT2D eigenvalue weighted by Gasteiger charge is -2.34. The average molecular weight is 209 g/mol. The van der Waals surface area contributed by atoms with E-state index in [0.717, 1.165) is 29.8 Å². The van der Waals surface area contributed by atoms with Crippen LogP contribution < -0.4 is 5.32 Å². The van der Waals surface area contributed by atoms with Crippen molar-refractivity contribution >= 4 is 0 Å². The van der Waals surface area contributed by atoms with Crippen LogP contribution in [0.25, 0.3) is 0 Å². The lowest BCUT2D eigenvalue weighted by molar-refractivity contribution is 0.214. The van der Waals surface area contributed by atoms with Gasteiger partial charge in [-0.25, -0.2) is 0 Å². The SMILES string of the molecule is CC(CC1CC1)NC1CCC(C)C(C)C1. The standard InChI is InChI=1S/C14H27N/c1-10-4-7-14(8-11(10)2)15-12(3)9-13-5-6-13/h10-15H,4-9H2,1-3H3. The van der Waals surface area contributed by atoms with E-state index in [2.05, 4.69) is 26.1 Å². The average Bonchev–Trinajstić information content (AvgIpc) is 2.95. The highest BCUT2D eigenvalue weighted by Gasteiger charge is 2.27. The molecular weight excluding hydrogens is 182 g/mol. The Balaban J connectivity index is 1.69. The molecule has 2 aliphatic carbocycles. The van der Waals surface area contributed by atoms with Crippen molar-refractivity contribution in [2.45, 2.75) is 71.4 Å². The molecule has 0 radical (unpaired) electrons. The van der Waals surface area contributed by atoms with Gasteiger partial charge in [-0.2, -0.15) is 0 Å². The molecule has 2 rings (SSSR count). The van der Waals surface area contributed by atoms with Gasteiger partial charge in [0.2, 0.25) is 0 Å². The van der Waals surface area contributed by atoms with E-state index in [1.54, 1.807) is 0 Å². The van der Waals surface area contributed by atoms with E-state index in [1.807, 2.05) is 0 Å². The molecule has 2 aliphatic rings. The highest BCUT2D eigenvalue weighted by atomic mass is 14.9. The molecule has 0 aliphatic heterocycles. The number of hydrogen-bond acceptors (Lipinski definition) is 1. The zero-order chi connectivity index (χ0) is 10.8. The third-order valence-electron chi connectivity index (χ3n) is 4.50. The summed E-state index contributed by atoms with van der Waals surface area (Å²) in [5, 5.41) is 3.84. The second-order valence-electron chi connectivity index (χ2n) is 6.21. The maximum Gasteiger partial charge on any atom is 0.00722 e. The lowest BCUT2D eigenvalue weighted by atomic mass is 9.79. The Morgan fingerprint density at radius 3 is 2.40 bits per heavy atom. The summed E-state index contributed by atoms with van der Waals surface area (Å²) in [6.45, 7) is 7.21. The van der Waals surface area contributed by atoms with Gasteiger partial charge in [-0.15, -0.1) is 0 Å². The van der Waals surface area contributed by atoms with E-state index in [4.69, 9.17) is 0 Å². The van der Waals surface area contributed by atoms with Gasteiger partial charge in [0.25, 0.3) is 0 Å². The quantitative estimate of drug-likeness (QED) is 0.746. The van der Waals surface area contributed by atoms with Gasteiger partial charge in [-0.3, -0.25) is 0 Å². The molecular formula is C14H27N. The number of nitrogens with one attached hydrogen (secondary N) is 1. The molecule has 2 fully saturated rings. The van der Waals surface area contributed by atoms with Crippen LogP contribution >= 0.6 is 0 Å². The minimum Gasteiger partial charge on any atom is -0.311 e. The zero-order valence-electron chi connectivity index (χ0n) is 10.6. The molecule has 88 valence electrons. The van der Waals surface area contributed by atoms with Gasteiger partial charge < -0.3 is 5.32 Å². The summed E-state index contributed by atoms with van der Waals surface area (Å²) in [7, 11) is 0. The highest BCUT2D eigenvalue weighted by Crippen LogP contribution is 2.34. The van der Waals surface area contributed by atoms with Gasteiger partial charge in [-0.05, 0) is 50.4 Å². The van der Waals surface area contributed by atoms with E-state index in [1.165, 1.54) is 38.5 Å². The van der Waals surface area contributed by atoms with E-state index < -0.39 is 0 Å². The highest BCUT2D eigenvalue weighted by molar-refractivity contribution is 4.84. The van der Waals surface area contributed by atoms with E-state index in [9.17, 15) is 0 Å². The van der Waals surface area contributed by atoms with Crippen LogP contribution in [0.3, 0.4) is 0 Å². The van der Waals surface area contributed by atoms with Crippen LogP contribution in [0.4, 0.5) is 0 Å². The van der Waals surface area contributed by atoms with Crippen molar-refractivity contribution in [2.75, 3.05) is 0 Å². The summed E-state index contributed by atoms with van der Waals surface area (Å²) in [6.07, 6.45) is 8.63. The molecule has 0 spiro atoms. The summed E-state index contributed by atoms with van der Waals surface area (Å²) in [6, 6.07) is 1.56. The maximum absolute atomic E-state index is 3.84. The number of hydrogen-bond donors (Lipinski definition) is 1. The molecule has 0 heterocycles. The monoisotopic (exact) mass is 209 g/mol. The van der Waals surface area contributed by atoms with Crippen molar-refractivity contribution in [1.29, 1.82) is 0 Å². The lowest BCUT2D eigenvalue weighted by Crippen LogP contribution is -2.41. The van der Waals surface area contributed by atoms with Crippen molar-refractivity contribution in [3.63, 3.8) is 0 Å². The molecule has 1 heteroatoms. The Morgan fingerprint density at radius 2 is 1.80 bits per heavy atom. The molecule has 0 aromatic carbocycles. The summed E-state index contributed by atoms with van der Waals surface area (Å²) in [5.74, 6) is 2.93. The van der Waals surface area contributed by atoms with Crippen LogP contribution in [0, 0.1) is 17.8 Å². The third-order valence-corrected chi connectivity index (χ3v) is 4.50. The Hall–Kier alpha value is -0.0400. The van der Waals surface area contributed by atoms with Gasteiger partial charge in [0.05, 0.1) is 0 Å². The Morgan fingerprint density at radius 1 is 1.07 bits per heavy atom. The summed E-state index contributed by atoms with van der Waals surface area (Å²) < 4.78 is 0. The predicted molar refractivity (Wildman–Crippen MR) is 65.9 cm³/mol. The van der Waals surface area contributed by atoms with Crippen molar-refractivity contribution in [2.24, 2.45) is 17.8 Å². The second-order valence-corrected chi connectivity index (χ2v) is 6.21. The molecule has 4 atom stereocenters. The molecule has 0 saturated heterocycles. The van der Waals surface area contributed by atoms with Crippen LogP contribution in [-0.4, -0.2) is 12.1 Å². The van der Waals surface area contributed by atoms with E-state index in [0.29, 0.717) is 0 Å². The Bertz CT molecular complexity index is 198. The molecule has 0 amide bonds. The first kappa shape index (κ1) is 11.4. The van der Waals surface area contributed by atoms with Crippen LogP contribution in [0.2, 0.25) is 0 Å². The number of rotatable bonds is 4. The van der Waals surface area contributed by atoms with Gasteiger partial charge >= 0.3 is 0 Å². The van der Waals surface area contributed by atoms with Crippen molar-refractivity contribution < 1.29 is 0 Å². The topological polar surface area (TPSA) is 12.0 Å². The van der Waals surface area contributed by atoms with Gasteiger partial charge in [0, 0.05) is 12.1 Å². The molecule has 0 aromatic rings. The molecule has 1 N–H and O–H groups in total. The summed E-state index contributed by atoms with van der Waals surface area (Å²) in [4.78, 5) is 0. The molecule has 15 heavy (non-hydrogen) atoms. The largest absolute Gasteiger partial charge is 0.311 e. The fourth-order valence-electron chi connectivity index (χ4n) is 3.02. The first-order valence-corrected chi connectivity index (χ1v) is 6.91. The third kappa shape index (κ3) is 3.48. The van der Waals surface area contributed by atoms with Crippen LogP contribution in [0.15, 0.2) is 0 Å². The van der Waals surface area contributed by atoms with Crippen molar-refractivity contribution in [3.8, 4) is 0 Å². The van der Waals surface area contributed by atoms with Crippen LogP contribution in [0.1, 0.15) is 59.3 Å². The molecule has 1 nitrogen and oxygen atoms in total. The normalized spacial score (nSPS) is 39.0. The Labute approximate surface area is 95.0 Å². The molecule has 0 aromatic heterocycles. The Kier molecular flexibility index (Phi) is 3.71. The summed E-state index contributed by atoms with van der Waals surface area (Å²) >= 11 is 0.